The van der Waals surface area contributed by atoms with Crippen LogP contribution >= 0.6 is 23.1 Å². The summed E-state index contributed by atoms with van der Waals surface area (Å²) in [4.78, 5) is 23.3. The van der Waals surface area contributed by atoms with Crippen LogP contribution in [0.2, 0.25) is 0 Å². The van der Waals surface area contributed by atoms with E-state index in [1.807, 2.05) is 57.3 Å². The number of pyridine rings is 1. The van der Waals surface area contributed by atoms with Gasteiger partial charge in [-0.05, 0) is 56.5 Å². The molecule has 0 aliphatic heterocycles. The summed E-state index contributed by atoms with van der Waals surface area (Å²) in [5.74, 6) is 0.509. The van der Waals surface area contributed by atoms with Crippen LogP contribution in [0.4, 0.5) is 10.8 Å². The third kappa shape index (κ3) is 4.50. The Kier molecular flexibility index (Phi) is 6.36. The molecule has 7 heteroatoms. The Morgan fingerprint density at radius 3 is 2.66 bits per heavy atom. The average Bonchev–Trinajstić information content (AvgIpc) is 3.11. The zero-order chi connectivity index (χ0) is 21.1. The number of aryl methyl sites for hydroxylation is 3. The molecule has 0 N–H and O–H groups in total. The largest absolute Gasteiger partial charge is 0.274 e. The van der Waals surface area contributed by atoms with E-state index in [4.69, 9.17) is 0 Å². The first kappa shape index (κ1) is 21.0. The van der Waals surface area contributed by atoms with Crippen LogP contribution in [0.15, 0.2) is 34.7 Å². The van der Waals surface area contributed by atoms with E-state index in [-0.39, 0.29) is 5.91 Å². The van der Waals surface area contributed by atoms with E-state index in [2.05, 4.69) is 16.0 Å². The number of nitrogens with zero attached hydrogens (tertiary/aromatic N) is 4. The first-order valence-corrected chi connectivity index (χ1v) is 11.0. The summed E-state index contributed by atoms with van der Waals surface area (Å²) < 4.78 is 0. The number of carbonyl (C=O) groups is 1. The highest BCUT2D eigenvalue weighted by Crippen LogP contribution is 2.34. The van der Waals surface area contributed by atoms with Crippen LogP contribution in [-0.4, -0.2) is 15.9 Å². The number of thiazole rings is 1. The van der Waals surface area contributed by atoms with Crippen molar-refractivity contribution in [3.05, 3.63) is 63.3 Å². The standard InChI is InChI=1S/C22H22N4OS2/c1-13-7-6-8-20(16(13)4)26(17(5)27)22-25-18(12-29-22)11-28-21-19(10-23)14(2)9-15(3)24-21/h6-9,12H,11H2,1-5H3. The molecule has 3 aromatic rings. The Morgan fingerprint density at radius 1 is 1.21 bits per heavy atom. The SMILES string of the molecule is CC(=O)N(c1nc(CSc2nc(C)cc(C)c2C#N)cs1)c1cccc(C)c1C. The fraction of sp³-hybridized carbons (Fsp3) is 0.273. The van der Waals surface area contributed by atoms with Crippen molar-refractivity contribution in [1.29, 1.82) is 5.26 Å². The molecule has 1 amide bonds. The van der Waals surface area contributed by atoms with Crippen LogP contribution in [0.5, 0.6) is 0 Å². The molecule has 29 heavy (non-hydrogen) atoms. The second-order valence-corrected chi connectivity index (χ2v) is 8.66. The van der Waals surface area contributed by atoms with E-state index < -0.39 is 0 Å². The van der Waals surface area contributed by atoms with Gasteiger partial charge in [-0.3, -0.25) is 9.69 Å². The van der Waals surface area contributed by atoms with Crippen LogP contribution in [0, 0.1) is 39.0 Å². The molecule has 0 fully saturated rings. The number of carbonyl (C=O) groups excluding carboxylic acids is 1. The van der Waals surface area contributed by atoms with E-state index in [1.165, 1.54) is 23.1 Å². The van der Waals surface area contributed by atoms with Crippen LogP contribution in [-0.2, 0) is 10.5 Å². The maximum absolute atomic E-state index is 12.4. The minimum absolute atomic E-state index is 0.0741. The highest BCUT2D eigenvalue weighted by Gasteiger charge is 2.20. The van der Waals surface area contributed by atoms with Crippen molar-refractivity contribution in [2.45, 2.75) is 45.4 Å². The Balaban J connectivity index is 1.86. The van der Waals surface area contributed by atoms with Gasteiger partial charge in [-0.25, -0.2) is 9.97 Å². The molecular weight excluding hydrogens is 400 g/mol. The Bertz CT molecular complexity index is 1110. The van der Waals surface area contributed by atoms with Crippen LogP contribution in [0.1, 0.15) is 40.6 Å². The van der Waals surface area contributed by atoms with Gasteiger partial charge in [0.15, 0.2) is 5.13 Å². The number of benzene rings is 1. The summed E-state index contributed by atoms with van der Waals surface area (Å²) in [6.45, 7) is 9.45. The maximum Gasteiger partial charge on any atom is 0.230 e. The third-order valence-electron chi connectivity index (χ3n) is 4.64. The van der Waals surface area contributed by atoms with Crippen molar-refractivity contribution < 1.29 is 4.79 Å². The molecule has 0 spiro atoms. The zero-order valence-electron chi connectivity index (χ0n) is 17.1. The number of hydrogen-bond acceptors (Lipinski definition) is 6. The minimum atomic E-state index is -0.0741. The second-order valence-electron chi connectivity index (χ2n) is 6.86. The van der Waals surface area contributed by atoms with Gasteiger partial charge in [0.05, 0.1) is 16.9 Å². The van der Waals surface area contributed by atoms with Crippen molar-refractivity contribution in [2.75, 3.05) is 4.90 Å². The molecule has 5 nitrogen and oxygen atoms in total. The van der Waals surface area contributed by atoms with E-state index >= 15 is 0 Å². The lowest BCUT2D eigenvalue weighted by Crippen LogP contribution is -2.23. The molecule has 0 aliphatic carbocycles. The molecule has 0 atom stereocenters. The maximum atomic E-state index is 12.4. The van der Waals surface area contributed by atoms with Gasteiger partial charge in [-0.2, -0.15) is 5.26 Å². The number of rotatable bonds is 5. The molecule has 0 saturated carbocycles. The molecule has 0 radical (unpaired) electrons. The lowest BCUT2D eigenvalue weighted by atomic mass is 10.1. The smallest absolute Gasteiger partial charge is 0.230 e. The van der Waals surface area contributed by atoms with E-state index in [0.717, 1.165) is 38.8 Å². The lowest BCUT2D eigenvalue weighted by Gasteiger charge is -2.21. The van der Waals surface area contributed by atoms with Crippen molar-refractivity contribution >= 4 is 39.8 Å². The van der Waals surface area contributed by atoms with E-state index in [9.17, 15) is 10.1 Å². The number of amides is 1. The van der Waals surface area contributed by atoms with E-state index in [1.54, 1.807) is 11.8 Å². The van der Waals surface area contributed by atoms with Crippen LogP contribution in [0.3, 0.4) is 0 Å². The van der Waals surface area contributed by atoms with Gasteiger partial charge < -0.3 is 0 Å². The molecule has 0 aliphatic rings. The Labute approximate surface area is 179 Å². The summed E-state index contributed by atoms with van der Waals surface area (Å²) in [6, 6.07) is 10.1. The fourth-order valence-electron chi connectivity index (χ4n) is 3.04. The van der Waals surface area contributed by atoms with Crippen molar-refractivity contribution in [3.63, 3.8) is 0 Å². The van der Waals surface area contributed by atoms with Crippen LogP contribution < -0.4 is 4.90 Å². The summed E-state index contributed by atoms with van der Waals surface area (Å²) in [5.41, 5.74) is 6.33. The summed E-state index contributed by atoms with van der Waals surface area (Å²) in [7, 11) is 0. The van der Waals surface area contributed by atoms with Crippen molar-refractivity contribution in [2.24, 2.45) is 0 Å². The Morgan fingerprint density at radius 2 is 1.97 bits per heavy atom. The van der Waals surface area contributed by atoms with E-state index in [0.29, 0.717) is 16.4 Å². The summed E-state index contributed by atoms with van der Waals surface area (Å²) >= 11 is 2.94. The number of hydrogen-bond donors (Lipinski definition) is 0. The summed E-state index contributed by atoms with van der Waals surface area (Å²) in [6.07, 6.45) is 0. The molecule has 2 aromatic heterocycles. The monoisotopic (exact) mass is 422 g/mol. The molecule has 3 rings (SSSR count). The second kappa shape index (κ2) is 8.76. The number of aromatic nitrogens is 2. The number of thioether (sulfide) groups is 1. The summed E-state index contributed by atoms with van der Waals surface area (Å²) in [5, 5.41) is 12.8. The molecule has 0 unspecified atom stereocenters. The first-order valence-electron chi connectivity index (χ1n) is 9.14. The molecule has 148 valence electrons. The minimum Gasteiger partial charge on any atom is -0.274 e. The predicted octanol–water partition coefficient (Wildman–Crippen LogP) is 5.62. The lowest BCUT2D eigenvalue weighted by molar-refractivity contribution is -0.115. The molecule has 1 aromatic carbocycles. The quantitative estimate of drug-likeness (QED) is 0.499. The van der Waals surface area contributed by atoms with Gasteiger partial charge in [-0.1, -0.05) is 23.9 Å². The topological polar surface area (TPSA) is 69.9 Å². The Hall–Kier alpha value is -2.69. The highest BCUT2D eigenvalue weighted by atomic mass is 32.2. The number of nitriles is 1. The predicted molar refractivity (Wildman–Crippen MR) is 119 cm³/mol. The first-order chi connectivity index (χ1) is 13.8. The molecule has 2 heterocycles. The van der Waals surface area contributed by atoms with Gasteiger partial charge in [0.1, 0.15) is 11.1 Å². The van der Waals surface area contributed by atoms with Gasteiger partial charge in [0, 0.05) is 23.8 Å². The molecule has 0 saturated heterocycles. The molecular formula is C22H22N4OS2. The van der Waals surface area contributed by atoms with Crippen molar-refractivity contribution in [1.82, 2.24) is 9.97 Å². The average molecular weight is 423 g/mol. The van der Waals surface area contributed by atoms with Crippen LogP contribution in [0.25, 0.3) is 0 Å². The fourth-order valence-corrected chi connectivity index (χ4v) is 5.01. The zero-order valence-corrected chi connectivity index (χ0v) is 18.7. The van der Waals surface area contributed by atoms with Gasteiger partial charge >= 0.3 is 0 Å². The highest BCUT2D eigenvalue weighted by molar-refractivity contribution is 7.98. The van der Waals surface area contributed by atoms with Crippen molar-refractivity contribution in [3.8, 4) is 6.07 Å². The number of anilines is 2. The van der Waals surface area contributed by atoms with Gasteiger partial charge in [0.25, 0.3) is 0 Å². The third-order valence-corrected chi connectivity index (χ3v) is 6.53. The molecule has 0 bridgehead atoms. The normalized spacial score (nSPS) is 10.6. The van der Waals surface area contributed by atoms with Gasteiger partial charge in [0.2, 0.25) is 5.91 Å². The van der Waals surface area contributed by atoms with Gasteiger partial charge in [-0.15, -0.1) is 11.3 Å².